The standard InChI is InChI=1S/C29H29NO6/c1-4-6-15-35-26-13-9-20(16-28(26)34-5-2)29(32)30-21-10-7-19(8-11-21)27-18-24(31)23-17-22(33-3)12-14-25(23)36-27/h7-14,16-18H,4-6,15H2,1-3H3,(H,30,32). The molecule has 4 aromatic rings. The van der Waals surface area contributed by atoms with E-state index in [0.717, 1.165) is 18.4 Å². The first kappa shape index (κ1) is 24.9. The first-order valence-corrected chi connectivity index (χ1v) is 12.0. The van der Waals surface area contributed by atoms with Crippen molar-refractivity contribution in [2.45, 2.75) is 26.7 Å². The molecule has 7 nitrogen and oxygen atoms in total. The van der Waals surface area contributed by atoms with Crippen LogP contribution in [0.25, 0.3) is 22.3 Å². The number of amides is 1. The number of carbonyl (C=O) groups is 1. The van der Waals surface area contributed by atoms with Gasteiger partial charge in [-0.15, -0.1) is 0 Å². The average Bonchev–Trinajstić information content (AvgIpc) is 2.90. The van der Waals surface area contributed by atoms with Crippen molar-refractivity contribution in [1.82, 2.24) is 0 Å². The fourth-order valence-electron chi connectivity index (χ4n) is 3.69. The zero-order chi connectivity index (χ0) is 25.5. The second kappa shape index (κ2) is 11.4. The number of nitrogens with one attached hydrogen (secondary N) is 1. The average molecular weight is 488 g/mol. The molecule has 0 unspecified atom stereocenters. The Morgan fingerprint density at radius 1 is 0.917 bits per heavy atom. The number of carbonyl (C=O) groups excluding carboxylic acids is 1. The molecule has 7 heteroatoms. The molecule has 1 aromatic heterocycles. The predicted molar refractivity (Wildman–Crippen MR) is 140 cm³/mol. The molecule has 1 N–H and O–H groups in total. The van der Waals surface area contributed by atoms with Crippen LogP contribution in [0.5, 0.6) is 17.2 Å². The highest BCUT2D eigenvalue weighted by molar-refractivity contribution is 6.04. The second-order valence-electron chi connectivity index (χ2n) is 8.17. The minimum atomic E-state index is -0.269. The molecule has 0 atom stereocenters. The van der Waals surface area contributed by atoms with E-state index in [2.05, 4.69) is 12.2 Å². The van der Waals surface area contributed by atoms with E-state index in [1.165, 1.54) is 6.07 Å². The minimum absolute atomic E-state index is 0.158. The summed E-state index contributed by atoms with van der Waals surface area (Å²) in [5.41, 5.74) is 2.10. The topological polar surface area (TPSA) is 87.0 Å². The minimum Gasteiger partial charge on any atom is -0.497 e. The third-order valence-electron chi connectivity index (χ3n) is 5.62. The molecule has 3 aromatic carbocycles. The van der Waals surface area contributed by atoms with Crippen LogP contribution in [0, 0.1) is 0 Å². The van der Waals surface area contributed by atoms with Crippen molar-refractivity contribution in [2.24, 2.45) is 0 Å². The van der Waals surface area contributed by atoms with E-state index in [1.807, 2.05) is 6.92 Å². The number of methoxy groups -OCH3 is 1. The number of unbranched alkanes of at least 4 members (excludes halogenated alkanes) is 1. The Morgan fingerprint density at radius 3 is 2.44 bits per heavy atom. The SMILES string of the molecule is CCCCOc1ccc(C(=O)Nc2ccc(-c3cc(=O)c4cc(OC)ccc4o3)cc2)cc1OCC. The zero-order valence-electron chi connectivity index (χ0n) is 20.6. The summed E-state index contributed by atoms with van der Waals surface area (Å²) >= 11 is 0. The summed E-state index contributed by atoms with van der Waals surface area (Å²) in [5.74, 6) is 1.93. The van der Waals surface area contributed by atoms with Crippen molar-refractivity contribution in [3.8, 4) is 28.6 Å². The summed E-state index contributed by atoms with van der Waals surface area (Å²) < 4.78 is 22.6. The maximum atomic E-state index is 12.9. The molecule has 1 heterocycles. The Balaban J connectivity index is 1.50. The fourth-order valence-corrected chi connectivity index (χ4v) is 3.69. The Kier molecular flexibility index (Phi) is 7.90. The van der Waals surface area contributed by atoms with Crippen molar-refractivity contribution in [1.29, 1.82) is 0 Å². The first-order chi connectivity index (χ1) is 17.5. The lowest BCUT2D eigenvalue weighted by Crippen LogP contribution is -2.12. The summed E-state index contributed by atoms with van der Waals surface area (Å²) in [6, 6.07) is 18.8. The van der Waals surface area contributed by atoms with Crippen molar-refractivity contribution in [3.63, 3.8) is 0 Å². The van der Waals surface area contributed by atoms with Crippen molar-refractivity contribution in [3.05, 3.63) is 82.5 Å². The largest absolute Gasteiger partial charge is 0.497 e. The number of ether oxygens (including phenoxy) is 3. The van der Waals surface area contributed by atoms with Crippen LogP contribution in [-0.4, -0.2) is 26.2 Å². The van der Waals surface area contributed by atoms with Crippen LogP contribution in [-0.2, 0) is 0 Å². The zero-order valence-corrected chi connectivity index (χ0v) is 20.6. The number of hydrogen-bond acceptors (Lipinski definition) is 6. The van der Waals surface area contributed by atoms with E-state index >= 15 is 0 Å². The van der Waals surface area contributed by atoms with E-state index in [0.29, 0.717) is 58.4 Å². The van der Waals surface area contributed by atoms with Crippen LogP contribution < -0.4 is 25.0 Å². The molecule has 0 fully saturated rings. The molecule has 36 heavy (non-hydrogen) atoms. The van der Waals surface area contributed by atoms with Crippen LogP contribution in [0.4, 0.5) is 5.69 Å². The lowest BCUT2D eigenvalue weighted by Gasteiger charge is -2.13. The Labute approximate surface area is 209 Å². The van der Waals surface area contributed by atoms with Gasteiger partial charge in [0.2, 0.25) is 0 Å². The summed E-state index contributed by atoms with van der Waals surface area (Å²) in [6.45, 7) is 5.05. The van der Waals surface area contributed by atoms with Crippen LogP contribution in [0.1, 0.15) is 37.0 Å². The van der Waals surface area contributed by atoms with Gasteiger partial charge in [0, 0.05) is 22.9 Å². The van der Waals surface area contributed by atoms with Crippen LogP contribution in [0.2, 0.25) is 0 Å². The van der Waals surface area contributed by atoms with Crippen molar-refractivity contribution >= 4 is 22.6 Å². The third kappa shape index (κ3) is 5.68. The number of rotatable bonds is 10. The van der Waals surface area contributed by atoms with Gasteiger partial charge in [0.25, 0.3) is 5.91 Å². The number of anilines is 1. The third-order valence-corrected chi connectivity index (χ3v) is 5.62. The molecule has 4 rings (SSSR count). The van der Waals surface area contributed by atoms with E-state index in [4.69, 9.17) is 18.6 Å². The van der Waals surface area contributed by atoms with Gasteiger partial charge in [0.05, 0.1) is 25.7 Å². The highest BCUT2D eigenvalue weighted by atomic mass is 16.5. The van der Waals surface area contributed by atoms with E-state index in [-0.39, 0.29) is 11.3 Å². The lowest BCUT2D eigenvalue weighted by molar-refractivity contribution is 0.102. The van der Waals surface area contributed by atoms with Crippen molar-refractivity contribution < 1.29 is 23.4 Å². The summed E-state index contributed by atoms with van der Waals surface area (Å²) in [6.07, 6.45) is 1.98. The molecule has 0 aliphatic rings. The van der Waals surface area contributed by atoms with Gasteiger partial charge >= 0.3 is 0 Å². The lowest BCUT2D eigenvalue weighted by atomic mass is 10.1. The first-order valence-electron chi connectivity index (χ1n) is 12.0. The maximum absolute atomic E-state index is 12.9. The summed E-state index contributed by atoms with van der Waals surface area (Å²) in [7, 11) is 1.55. The van der Waals surface area contributed by atoms with Gasteiger partial charge in [-0.3, -0.25) is 9.59 Å². The summed E-state index contributed by atoms with van der Waals surface area (Å²) in [4.78, 5) is 25.5. The van der Waals surface area contributed by atoms with Crippen LogP contribution >= 0.6 is 0 Å². The van der Waals surface area contributed by atoms with Gasteiger partial charge < -0.3 is 23.9 Å². The van der Waals surface area contributed by atoms with E-state index in [9.17, 15) is 9.59 Å². The smallest absolute Gasteiger partial charge is 0.255 e. The molecule has 0 bridgehead atoms. The monoisotopic (exact) mass is 487 g/mol. The Bertz CT molecular complexity index is 1410. The molecule has 1 amide bonds. The molecule has 186 valence electrons. The van der Waals surface area contributed by atoms with E-state index in [1.54, 1.807) is 67.8 Å². The molecular weight excluding hydrogens is 458 g/mol. The normalized spacial score (nSPS) is 10.8. The molecule has 0 spiro atoms. The highest BCUT2D eigenvalue weighted by Gasteiger charge is 2.13. The number of benzene rings is 3. The van der Waals surface area contributed by atoms with Gasteiger partial charge in [0.15, 0.2) is 16.9 Å². The molecule has 0 radical (unpaired) electrons. The molecule has 0 aliphatic heterocycles. The maximum Gasteiger partial charge on any atom is 0.255 e. The number of hydrogen-bond donors (Lipinski definition) is 1. The van der Waals surface area contributed by atoms with Crippen molar-refractivity contribution in [2.75, 3.05) is 25.6 Å². The van der Waals surface area contributed by atoms with E-state index < -0.39 is 0 Å². The van der Waals surface area contributed by atoms with Crippen LogP contribution in [0.15, 0.2) is 75.9 Å². The van der Waals surface area contributed by atoms with Gasteiger partial charge in [0.1, 0.15) is 17.1 Å². The Hall–Kier alpha value is -4.26. The summed E-state index contributed by atoms with van der Waals surface area (Å²) in [5, 5.41) is 3.34. The second-order valence-corrected chi connectivity index (χ2v) is 8.17. The predicted octanol–water partition coefficient (Wildman–Crippen LogP) is 6.30. The molecular formula is C29H29NO6. The van der Waals surface area contributed by atoms with Crippen LogP contribution in [0.3, 0.4) is 0 Å². The fraction of sp³-hybridized carbons (Fsp3) is 0.241. The van der Waals surface area contributed by atoms with Gasteiger partial charge in [-0.05, 0) is 74.0 Å². The Morgan fingerprint density at radius 2 is 1.72 bits per heavy atom. The molecule has 0 saturated carbocycles. The molecule has 0 aliphatic carbocycles. The van der Waals surface area contributed by atoms with Gasteiger partial charge in [-0.2, -0.15) is 0 Å². The number of fused-ring (bicyclic) bond motifs is 1. The van der Waals surface area contributed by atoms with Gasteiger partial charge in [-0.1, -0.05) is 13.3 Å². The highest BCUT2D eigenvalue weighted by Crippen LogP contribution is 2.30. The molecule has 0 saturated heterocycles. The quantitative estimate of drug-likeness (QED) is 0.264. The van der Waals surface area contributed by atoms with Gasteiger partial charge in [-0.25, -0.2) is 0 Å².